The van der Waals surface area contributed by atoms with Gasteiger partial charge in [-0.1, -0.05) is 23.7 Å². The first-order valence-corrected chi connectivity index (χ1v) is 6.42. The van der Waals surface area contributed by atoms with Gasteiger partial charge < -0.3 is 9.15 Å². The van der Waals surface area contributed by atoms with Crippen molar-refractivity contribution in [2.24, 2.45) is 0 Å². The Bertz CT molecular complexity index is 645. The molecule has 0 fully saturated rings. The number of carbonyl (C=O) groups is 2. The standard InChI is InChI=1S/C15H13ClO4/c1-9-6-7-13(19-9)15(18)20-10(2)14(17)11-4-3-5-12(16)8-11/h3-8,10H,1-2H3. The molecule has 0 spiro atoms. The fourth-order valence-electron chi connectivity index (χ4n) is 1.69. The fraction of sp³-hybridized carbons (Fsp3) is 0.200. The second kappa shape index (κ2) is 5.92. The minimum atomic E-state index is -0.911. The summed E-state index contributed by atoms with van der Waals surface area (Å²) in [6.45, 7) is 3.23. The highest BCUT2D eigenvalue weighted by molar-refractivity contribution is 6.31. The van der Waals surface area contributed by atoms with E-state index in [1.165, 1.54) is 19.1 Å². The molecule has 0 bridgehead atoms. The number of furan rings is 1. The zero-order chi connectivity index (χ0) is 14.7. The average Bonchev–Trinajstić information content (AvgIpc) is 2.84. The zero-order valence-electron chi connectivity index (χ0n) is 11.1. The molecule has 0 radical (unpaired) electrons. The second-order valence-corrected chi connectivity index (χ2v) is 4.77. The molecule has 1 unspecified atom stereocenters. The van der Waals surface area contributed by atoms with Gasteiger partial charge in [-0.05, 0) is 38.1 Å². The van der Waals surface area contributed by atoms with E-state index in [1.54, 1.807) is 31.2 Å². The SMILES string of the molecule is Cc1ccc(C(=O)OC(C)C(=O)c2cccc(Cl)c2)o1. The van der Waals surface area contributed by atoms with Crippen molar-refractivity contribution < 1.29 is 18.7 Å². The predicted octanol–water partition coefficient (Wildman–Crippen LogP) is 3.67. The zero-order valence-corrected chi connectivity index (χ0v) is 11.8. The van der Waals surface area contributed by atoms with Crippen molar-refractivity contribution in [3.63, 3.8) is 0 Å². The van der Waals surface area contributed by atoms with Crippen molar-refractivity contribution >= 4 is 23.4 Å². The predicted molar refractivity (Wildman–Crippen MR) is 74.1 cm³/mol. The van der Waals surface area contributed by atoms with Crippen molar-refractivity contribution in [1.29, 1.82) is 0 Å². The first kappa shape index (κ1) is 14.3. The molecule has 0 amide bonds. The molecule has 0 aliphatic rings. The van der Waals surface area contributed by atoms with Gasteiger partial charge in [0.15, 0.2) is 6.10 Å². The Balaban J connectivity index is 2.06. The van der Waals surface area contributed by atoms with Crippen LogP contribution in [0.2, 0.25) is 5.02 Å². The summed E-state index contributed by atoms with van der Waals surface area (Å²) in [5, 5.41) is 0.455. The maximum atomic E-state index is 12.1. The summed E-state index contributed by atoms with van der Waals surface area (Å²) >= 11 is 5.82. The Hall–Kier alpha value is -2.07. The van der Waals surface area contributed by atoms with E-state index in [-0.39, 0.29) is 11.5 Å². The number of rotatable bonds is 4. The van der Waals surface area contributed by atoms with E-state index in [1.807, 2.05) is 0 Å². The Labute approximate surface area is 121 Å². The van der Waals surface area contributed by atoms with Crippen molar-refractivity contribution in [2.75, 3.05) is 0 Å². The maximum Gasteiger partial charge on any atom is 0.374 e. The number of carbonyl (C=O) groups excluding carboxylic acids is 2. The third-order valence-electron chi connectivity index (χ3n) is 2.70. The molecule has 0 saturated carbocycles. The van der Waals surface area contributed by atoms with Gasteiger partial charge in [0.05, 0.1) is 0 Å². The summed E-state index contributed by atoms with van der Waals surface area (Å²) in [4.78, 5) is 23.9. The number of aryl methyl sites for hydroxylation is 1. The summed E-state index contributed by atoms with van der Waals surface area (Å²) in [5.41, 5.74) is 0.397. The number of ketones is 1. The van der Waals surface area contributed by atoms with E-state index in [2.05, 4.69) is 0 Å². The third kappa shape index (κ3) is 3.27. The van der Waals surface area contributed by atoms with Gasteiger partial charge in [-0.25, -0.2) is 4.79 Å². The van der Waals surface area contributed by atoms with Crippen LogP contribution in [0, 0.1) is 6.92 Å². The summed E-state index contributed by atoms with van der Waals surface area (Å²) < 4.78 is 10.2. The van der Waals surface area contributed by atoms with E-state index in [0.717, 1.165) is 0 Å². The molecule has 20 heavy (non-hydrogen) atoms. The highest BCUT2D eigenvalue weighted by Gasteiger charge is 2.22. The van der Waals surface area contributed by atoms with Gasteiger partial charge >= 0.3 is 5.97 Å². The van der Waals surface area contributed by atoms with E-state index < -0.39 is 12.1 Å². The number of hydrogen-bond donors (Lipinski definition) is 0. The Kier molecular flexibility index (Phi) is 4.25. The van der Waals surface area contributed by atoms with Crippen LogP contribution in [0.4, 0.5) is 0 Å². The Morgan fingerprint density at radius 3 is 2.60 bits per heavy atom. The van der Waals surface area contributed by atoms with Crippen LogP contribution < -0.4 is 0 Å². The lowest BCUT2D eigenvalue weighted by Crippen LogP contribution is -2.24. The second-order valence-electron chi connectivity index (χ2n) is 4.33. The number of Topliss-reactive ketones (excluding diaryl/α,β-unsaturated/α-hetero) is 1. The van der Waals surface area contributed by atoms with Gasteiger partial charge in [0.2, 0.25) is 11.5 Å². The first-order valence-electron chi connectivity index (χ1n) is 6.04. The molecular weight excluding hydrogens is 280 g/mol. The van der Waals surface area contributed by atoms with Crippen LogP contribution in [-0.2, 0) is 4.74 Å². The highest BCUT2D eigenvalue weighted by atomic mass is 35.5. The van der Waals surface area contributed by atoms with Gasteiger partial charge in [0.1, 0.15) is 5.76 Å². The molecule has 1 heterocycles. The Morgan fingerprint density at radius 1 is 1.25 bits per heavy atom. The number of hydrogen-bond acceptors (Lipinski definition) is 4. The number of halogens is 1. The molecule has 2 rings (SSSR count). The molecule has 1 aromatic carbocycles. The summed E-state index contributed by atoms with van der Waals surface area (Å²) in [5.74, 6) is -0.302. The van der Waals surface area contributed by atoms with Gasteiger partial charge in [-0.2, -0.15) is 0 Å². The van der Waals surface area contributed by atoms with E-state index >= 15 is 0 Å². The van der Waals surface area contributed by atoms with Crippen LogP contribution in [0.1, 0.15) is 33.6 Å². The topological polar surface area (TPSA) is 56.5 Å². The molecule has 1 aromatic heterocycles. The molecule has 0 aliphatic heterocycles. The van der Waals surface area contributed by atoms with Crippen LogP contribution in [0.25, 0.3) is 0 Å². The summed E-state index contributed by atoms with van der Waals surface area (Å²) in [7, 11) is 0. The van der Waals surface area contributed by atoms with Gasteiger partial charge in [0, 0.05) is 10.6 Å². The molecule has 2 aromatic rings. The lowest BCUT2D eigenvalue weighted by Gasteiger charge is -2.11. The lowest BCUT2D eigenvalue weighted by atomic mass is 10.1. The average molecular weight is 293 g/mol. The molecule has 4 nitrogen and oxygen atoms in total. The maximum absolute atomic E-state index is 12.1. The summed E-state index contributed by atoms with van der Waals surface area (Å²) in [6.07, 6.45) is -0.911. The van der Waals surface area contributed by atoms with Gasteiger partial charge in [0.25, 0.3) is 0 Å². The van der Waals surface area contributed by atoms with E-state index in [0.29, 0.717) is 16.3 Å². The van der Waals surface area contributed by atoms with Crippen LogP contribution in [0.5, 0.6) is 0 Å². The quantitative estimate of drug-likeness (QED) is 0.637. The third-order valence-corrected chi connectivity index (χ3v) is 2.94. The first-order chi connectivity index (χ1) is 9.47. The van der Waals surface area contributed by atoms with Crippen molar-refractivity contribution in [3.8, 4) is 0 Å². The van der Waals surface area contributed by atoms with Crippen LogP contribution in [0.3, 0.4) is 0 Å². The molecule has 0 saturated heterocycles. The number of ether oxygens (including phenoxy) is 1. The van der Waals surface area contributed by atoms with E-state index in [4.69, 9.17) is 20.8 Å². The highest BCUT2D eigenvalue weighted by Crippen LogP contribution is 2.15. The molecule has 5 heteroatoms. The fourth-order valence-corrected chi connectivity index (χ4v) is 1.88. The normalized spacial score (nSPS) is 11.9. The number of benzene rings is 1. The van der Waals surface area contributed by atoms with Crippen LogP contribution in [0.15, 0.2) is 40.8 Å². The Morgan fingerprint density at radius 2 is 2.00 bits per heavy atom. The van der Waals surface area contributed by atoms with Crippen LogP contribution in [-0.4, -0.2) is 17.9 Å². The molecule has 104 valence electrons. The summed E-state index contributed by atoms with van der Waals surface area (Å²) in [6, 6.07) is 9.65. The minimum absolute atomic E-state index is 0.0771. The van der Waals surface area contributed by atoms with Crippen molar-refractivity contribution in [1.82, 2.24) is 0 Å². The molecule has 1 atom stereocenters. The van der Waals surface area contributed by atoms with Gasteiger partial charge in [-0.3, -0.25) is 4.79 Å². The smallest absolute Gasteiger partial charge is 0.374 e. The molecule has 0 N–H and O–H groups in total. The number of esters is 1. The molecule has 0 aliphatic carbocycles. The van der Waals surface area contributed by atoms with Crippen molar-refractivity contribution in [2.45, 2.75) is 20.0 Å². The van der Waals surface area contributed by atoms with Crippen LogP contribution >= 0.6 is 11.6 Å². The van der Waals surface area contributed by atoms with Gasteiger partial charge in [-0.15, -0.1) is 0 Å². The monoisotopic (exact) mass is 292 g/mol. The lowest BCUT2D eigenvalue weighted by molar-refractivity contribution is 0.0288. The van der Waals surface area contributed by atoms with E-state index in [9.17, 15) is 9.59 Å². The van der Waals surface area contributed by atoms with Crippen molar-refractivity contribution in [3.05, 3.63) is 58.5 Å². The molecular formula is C15H13ClO4. The largest absolute Gasteiger partial charge is 0.454 e. The minimum Gasteiger partial charge on any atom is -0.454 e.